The van der Waals surface area contributed by atoms with Gasteiger partial charge < -0.3 is 20.5 Å². The van der Waals surface area contributed by atoms with Gasteiger partial charge in [0.15, 0.2) is 6.17 Å². The maximum Gasteiger partial charge on any atom is 0.238 e. The van der Waals surface area contributed by atoms with E-state index in [9.17, 15) is 14.8 Å². The number of anilines is 3. The van der Waals surface area contributed by atoms with Crippen molar-refractivity contribution in [2.75, 3.05) is 43.9 Å². The van der Waals surface area contributed by atoms with Gasteiger partial charge in [0.25, 0.3) is 0 Å². The van der Waals surface area contributed by atoms with Gasteiger partial charge in [-0.05, 0) is 49.4 Å². The summed E-state index contributed by atoms with van der Waals surface area (Å²) in [4.78, 5) is 15.3. The number of nitrogens with zero attached hydrogens (tertiary/aromatic N) is 5. The minimum atomic E-state index is -1.10. The largest absolute Gasteiger partial charge is 0.468 e. The quantitative estimate of drug-likeness (QED) is 0.480. The summed E-state index contributed by atoms with van der Waals surface area (Å²) in [6.45, 7) is 5.16. The number of likely N-dealkylation sites (N-methyl/N-ethyl adjacent to an activating group) is 1. The monoisotopic (exact) mass is 489 g/mol. The average molecular weight is 490 g/mol. The fraction of sp³-hybridized carbons (Fsp3) is 0.385. The lowest BCUT2D eigenvalue weighted by Crippen LogP contribution is -2.28. The summed E-state index contributed by atoms with van der Waals surface area (Å²) in [5.41, 5.74) is 4.43. The summed E-state index contributed by atoms with van der Waals surface area (Å²) < 4.78 is 20.3. The van der Waals surface area contributed by atoms with Gasteiger partial charge in [0.2, 0.25) is 11.8 Å². The summed E-state index contributed by atoms with van der Waals surface area (Å²) in [5, 5.41) is 26.1. The first-order valence-corrected chi connectivity index (χ1v) is 11.8. The number of fused-ring (bicyclic) bond motifs is 1. The number of ether oxygens (including phenoxy) is 1. The number of halogens is 1. The molecule has 3 aromatic rings. The Labute approximate surface area is 209 Å². The van der Waals surface area contributed by atoms with E-state index >= 15 is 0 Å². The number of aliphatic hydroxyl groups excluding tert-OH is 1. The van der Waals surface area contributed by atoms with E-state index in [4.69, 9.17) is 4.74 Å². The van der Waals surface area contributed by atoms with Crippen LogP contribution in [-0.4, -0.2) is 70.5 Å². The highest BCUT2D eigenvalue weighted by atomic mass is 19.1. The van der Waals surface area contributed by atoms with Crippen LogP contribution in [0.1, 0.15) is 23.6 Å². The van der Waals surface area contributed by atoms with Gasteiger partial charge in [-0.3, -0.25) is 4.90 Å². The number of hydrogen-bond acceptors (Lipinski definition) is 9. The molecule has 0 amide bonds. The molecule has 36 heavy (non-hydrogen) atoms. The molecule has 5 rings (SSSR count). The maximum absolute atomic E-state index is 14.4. The second-order valence-electron chi connectivity index (χ2n) is 9.78. The van der Waals surface area contributed by atoms with Gasteiger partial charge in [0, 0.05) is 43.0 Å². The van der Waals surface area contributed by atoms with Crippen molar-refractivity contribution in [2.24, 2.45) is 0 Å². The van der Waals surface area contributed by atoms with Crippen LogP contribution in [0.2, 0.25) is 0 Å². The van der Waals surface area contributed by atoms with Crippen molar-refractivity contribution < 1.29 is 14.2 Å². The van der Waals surface area contributed by atoms with Gasteiger partial charge in [0.1, 0.15) is 17.9 Å². The highest BCUT2D eigenvalue weighted by Gasteiger charge is 2.36. The van der Waals surface area contributed by atoms with Gasteiger partial charge >= 0.3 is 0 Å². The zero-order chi connectivity index (χ0) is 25.4. The van der Waals surface area contributed by atoms with E-state index in [1.54, 1.807) is 24.5 Å². The Kier molecular flexibility index (Phi) is 6.20. The van der Waals surface area contributed by atoms with Crippen LogP contribution in [0, 0.1) is 18.3 Å². The lowest BCUT2D eigenvalue weighted by atomic mass is 9.83. The Morgan fingerprint density at radius 3 is 2.89 bits per heavy atom. The Morgan fingerprint density at radius 2 is 2.17 bits per heavy atom. The number of alkyl halides is 1. The molecule has 2 aliphatic rings. The van der Waals surface area contributed by atoms with E-state index in [0.29, 0.717) is 42.5 Å². The number of nitriles is 1. The molecule has 2 aliphatic heterocycles. The van der Waals surface area contributed by atoms with Crippen molar-refractivity contribution in [2.45, 2.75) is 31.5 Å². The van der Waals surface area contributed by atoms with Crippen molar-refractivity contribution >= 4 is 17.3 Å². The molecular weight excluding hydrogens is 461 g/mol. The Balaban J connectivity index is 1.46. The van der Waals surface area contributed by atoms with E-state index in [-0.39, 0.29) is 12.5 Å². The molecule has 3 N–H and O–H groups in total. The minimum absolute atomic E-state index is 0.0441. The Hall–Kier alpha value is -3.81. The number of benzene rings is 1. The third-order valence-corrected chi connectivity index (χ3v) is 6.74. The fourth-order valence-corrected chi connectivity index (χ4v) is 4.67. The summed E-state index contributed by atoms with van der Waals surface area (Å²) in [6, 6.07) is 9.60. The zero-order valence-corrected chi connectivity index (χ0v) is 20.4. The molecule has 2 aromatic heterocycles. The van der Waals surface area contributed by atoms with Crippen LogP contribution in [0.15, 0.2) is 36.7 Å². The molecule has 9 nitrogen and oxygen atoms in total. The molecule has 1 saturated heterocycles. The van der Waals surface area contributed by atoms with Crippen LogP contribution in [0.4, 0.5) is 21.7 Å². The van der Waals surface area contributed by atoms with Gasteiger partial charge in [-0.2, -0.15) is 5.26 Å². The smallest absolute Gasteiger partial charge is 0.238 e. The summed E-state index contributed by atoms with van der Waals surface area (Å²) in [6.07, 6.45) is 1.59. The first-order valence-electron chi connectivity index (χ1n) is 11.8. The van der Waals surface area contributed by atoms with Crippen molar-refractivity contribution in [3.63, 3.8) is 0 Å². The Bertz CT molecular complexity index is 1340. The van der Waals surface area contributed by atoms with E-state index in [1.807, 2.05) is 37.9 Å². The van der Waals surface area contributed by atoms with Crippen LogP contribution in [0.5, 0.6) is 5.88 Å². The number of aliphatic hydroxyl groups is 1. The van der Waals surface area contributed by atoms with Crippen molar-refractivity contribution in [1.82, 2.24) is 19.9 Å². The molecule has 0 bridgehead atoms. The average Bonchev–Trinajstić information content (AvgIpc) is 3.38. The number of aryl methyl sites for hydroxylation is 1. The van der Waals surface area contributed by atoms with Crippen LogP contribution < -0.4 is 15.4 Å². The summed E-state index contributed by atoms with van der Waals surface area (Å²) in [5.74, 6) is 0.596. The predicted octanol–water partition coefficient (Wildman–Crippen LogP) is 3.17. The standard InChI is InChI=1S/C26H28FN7O2/c1-15-6-21(24(30-10-15)36-22-12-34(3)11-19(22)27)33-25-29-5-4-20(32-25)16-7-17(9-28)23-18(8-16)26(2,14-35)13-31-23/h4-8,10,19,22,31,35H,11-14H2,1-3H3,(H,29,32,33)/t19?,22?,26-/m1/s1. The normalized spacial score (nSPS) is 23.1. The maximum atomic E-state index is 14.4. The molecule has 0 spiro atoms. The summed E-state index contributed by atoms with van der Waals surface area (Å²) in [7, 11) is 1.85. The first kappa shape index (κ1) is 23.9. The van der Waals surface area contributed by atoms with Crippen LogP contribution in [0.3, 0.4) is 0 Å². The number of aromatic nitrogens is 3. The van der Waals surface area contributed by atoms with E-state index < -0.39 is 17.7 Å². The molecular formula is C26H28FN7O2. The molecule has 4 heterocycles. The second kappa shape index (κ2) is 9.33. The van der Waals surface area contributed by atoms with Crippen LogP contribution in [0.25, 0.3) is 11.3 Å². The molecule has 0 radical (unpaired) electrons. The number of rotatable bonds is 6. The summed E-state index contributed by atoms with van der Waals surface area (Å²) >= 11 is 0. The number of pyridine rings is 1. The van der Waals surface area contributed by atoms with Gasteiger partial charge in [0.05, 0.1) is 23.6 Å². The molecule has 1 aromatic carbocycles. The number of likely N-dealkylation sites (tertiary alicyclic amines) is 1. The van der Waals surface area contributed by atoms with Crippen LogP contribution >= 0.6 is 0 Å². The van der Waals surface area contributed by atoms with Gasteiger partial charge in [-0.15, -0.1) is 0 Å². The molecule has 3 atom stereocenters. The third kappa shape index (κ3) is 4.43. The van der Waals surface area contributed by atoms with E-state index in [0.717, 1.165) is 22.4 Å². The highest BCUT2D eigenvalue weighted by molar-refractivity contribution is 5.76. The van der Waals surface area contributed by atoms with E-state index in [2.05, 4.69) is 31.7 Å². The molecule has 2 unspecified atom stereocenters. The topological polar surface area (TPSA) is 119 Å². The zero-order valence-electron chi connectivity index (χ0n) is 20.4. The van der Waals surface area contributed by atoms with Crippen molar-refractivity contribution in [3.05, 3.63) is 53.3 Å². The molecule has 0 saturated carbocycles. The predicted molar refractivity (Wildman–Crippen MR) is 134 cm³/mol. The Morgan fingerprint density at radius 1 is 1.33 bits per heavy atom. The van der Waals surface area contributed by atoms with Gasteiger partial charge in [-0.25, -0.2) is 19.3 Å². The number of hydrogen-bond donors (Lipinski definition) is 3. The number of nitrogens with one attached hydrogen (secondary N) is 2. The second-order valence-corrected chi connectivity index (χ2v) is 9.78. The third-order valence-electron chi connectivity index (χ3n) is 6.74. The molecule has 10 heteroatoms. The molecule has 0 aliphatic carbocycles. The van der Waals surface area contributed by atoms with Crippen molar-refractivity contribution in [3.8, 4) is 23.2 Å². The molecule has 1 fully saturated rings. The highest BCUT2D eigenvalue weighted by Crippen LogP contribution is 2.41. The minimum Gasteiger partial charge on any atom is -0.468 e. The van der Waals surface area contributed by atoms with E-state index in [1.165, 1.54) is 0 Å². The van der Waals surface area contributed by atoms with Crippen LogP contribution in [-0.2, 0) is 5.41 Å². The lowest BCUT2D eigenvalue weighted by molar-refractivity contribution is 0.134. The lowest BCUT2D eigenvalue weighted by Gasteiger charge is -2.21. The van der Waals surface area contributed by atoms with Crippen molar-refractivity contribution in [1.29, 1.82) is 5.26 Å². The fourth-order valence-electron chi connectivity index (χ4n) is 4.67. The van der Waals surface area contributed by atoms with Gasteiger partial charge in [-0.1, -0.05) is 6.92 Å². The SMILES string of the molecule is Cc1cnc(OC2CN(C)CC2F)c(Nc2nccc(-c3cc(C#N)c4c(c3)[C@@](C)(CO)CN4)n2)c1. The molecule has 186 valence electrons. The first-order chi connectivity index (χ1) is 17.3.